The van der Waals surface area contributed by atoms with Gasteiger partial charge in [-0.1, -0.05) is 0 Å². The predicted molar refractivity (Wildman–Crippen MR) is 40.8 cm³/mol. The Labute approximate surface area is 58.9 Å². The fourth-order valence-corrected chi connectivity index (χ4v) is 1.04. The van der Waals surface area contributed by atoms with Crippen LogP contribution in [0.1, 0.15) is 5.69 Å². The molecule has 2 heterocycles. The van der Waals surface area contributed by atoms with Gasteiger partial charge in [-0.15, -0.1) is 0 Å². The summed E-state index contributed by atoms with van der Waals surface area (Å²) in [4.78, 5) is 7.39. The highest BCUT2D eigenvalue weighted by Gasteiger charge is 1.92. The van der Waals surface area contributed by atoms with Crippen LogP contribution in [0.4, 0.5) is 0 Å². The van der Waals surface area contributed by atoms with Crippen LogP contribution in [-0.4, -0.2) is 9.97 Å². The molecule has 0 unspecified atom stereocenters. The van der Waals surface area contributed by atoms with Crippen molar-refractivity contribution in [1.29, 1.82) is 0 Å². The third-order valence-electron chi connectivity index (χ3n) is 1.54. The Morgan fingerprint density at radius 3 is 3.10 bits per heavy atom. The number of aromatic nitrogens is 2. The van der Waals surface area contributed by atoms with Crippen LogP contribution in [0.15, 0.2) is 24.4 Å². The molecule has 10 heavy (non-hydrogen) atoms. The molecule has 2 rings (SSSR count). The van der Waals surface area contributed by atoms with Crippen LogP contribution >= 0.6 is 0 Å². The molecule has 0 atom stereocenters. The highest BCUT2D eigenvalue weighted by molar-refractivity contribution is 5.74. The minimum atomic E-state index is 1.04. The first kappa shape index (κ1) is 5.47. The topological polar surface area (TPSA) is 28.7 Å². The number of nitrogens with one attached hydrogen (secondary N) is 1. The zero-order chi connectivity index (χ0) is 6.97. The molecule has 0 radical (unpaired) electrons. The molecular formula is C8H8N2. The first-order chi connectivity index (χ1) is 4.86. The van der Waals surface area contributed by atoms with Crippen molar-refractivity contribution in [3.05, 3.63) is 30.1 Å². The van der Waals surface area contributed by atoms with Crippen molar-refractivity contribution in [2.45, 2.75) is 6.92 Å². The number of pyridine rings is 1. The highest BCUT2D eigenvalue weighted by Crippen LogP contribution is 2.08. The second-order valence-electron chi connectivity index (χ2n) is 2.36. The summed E-state index contributed by atoms with van der Waals surface area (Å²) < 4.78 is 0. The first-order valence-electron chi connectivity index (χ1n) is 3.27. The van der Waals surface area contributed by atoms with Gasteiger partial charge in [-0.05, 0) is 25.1 Å². The summed E-state index contributed by atoms with van der Waals surface area (Å²) in [6, 6.07) is 6.01. The smallest absolute Gasteiger partial charge is 0.0881 e. The third-order valence-corrected chi connectivity index (χ3v) is 1.54. The average Bonchev–Trinajstić information content (AvgIpc) is 2.33. The largest absolute Gasteiger partial charge is 0.360 e. The van der Waals surface area contributed by atoms with Crippen molar-refractivity contribution in [2.75, 3.05) is 0 Å². The molecular weight excluding hydrogens is 124 g/mol. The van der Waals surface area contributed by atoms with Crippen LogP contribution in [0.5, 0.6) is 0 Å². The van der Waals surface area contributed by atoms with Gasteiger partial charge in [-0.3, -0.25) is 4.98 Å². The normalized spacial score (nSPS) is 10.5. The lowest BCUT2D eigenvalue weighted by Gasteiger charge is -1.89. The van der Waals surface area contributed by atoms with Crippen LogP contribution in [-0.2, 0) is 0 Å². The molecule has 2 nitrogen and oxygen atoms in total. The molecule has 2 aromatic heterocycles. The van der Waals surface area contributed by atoms with Gasteiger partial charge in [0.1, 0.15) is 0 Å². The van der Waals surface area contributed by atoms with E-state index in [1.165, 1.54) is 0 Å². The molecule has 50 valence electrons. The molecule has 0 saturated heterocycles. The van der Waals surface area contributed by atoms with Crippen LogP contribution < -0.4 is 0 Å². The van der Waals surface area contributed by atoms with Crippen LogP contribution in [0.3, 0.4) is 0 Å². The Morgan fingerprint density at radius 1 is 1.30 bits per heavy atom. The van der Waals surface area contributed by atoms with Gasteiger partial charge >= 0.3 is 0 Å². The fourth-order valence-electron chi connectivity index (χ4n) is 1.04. The Kier molecular flexibility index (Phi) is 1.01. The zero-order valence-electron chi connectivity index (χ0n) is 5.76. The van der Waals surface area contributed by atoms with Crippen molar-refractivity contribution in [1.82, 2.24) is 9.97 Å². The van der Waals surface area contributed by atoms with Gasteiger partial charge in [0.15, 0.2) is 0 Å². The summed E-state index contributed by atoms with van der Waals surface area (Å²) in [7, 11) is 0. The molecule has 0 spiro atoms. The summed E-state index contributed by atoms with van der Waals surface area (Å²) in [6.07, 6.45) is 1.90. The minimum absolute atomic E-state index is 1.04. The second-order valence-corrected chi connectivity index (χ2v) is 2.36. The van der Waals surface area contributed by atoms with Crippen molar-refractivity contribution in [3.8, 4) is 0 Å². The molecule has 2 heteroatoms. The average molecular weight is 132 g/mol. The van der Waals surface area contributed by atoms with Gasteiger partial charge in [0.25, 0.3) is 0 Å². The summed E-state index contributed by atoms with van der Waals surface area (Å²) >= 11 is 0. The molecule has 0 aliphatic carbocycles. The number of hydrogen-bond donors (Lipinski definition) is 1. The molecule has 0 fully saturated rings. The van der Waals surface area contributed by atoms with Gasteiger partial charge in [0.05, 0.1) is 11.0 Å². The lowest BCUT2D eigenvalue weighted by molar-refractivity contribution is 1.26. The van der Waals surface area contributed by atoms with E-state index < -0.39 is 0 Å². The van der Waals surface area contributed by atoms with E-state index in [-0.39, 0.29) is 0 Å². The lowest BCUT2D eigenvalue weighted by Crippen LogP contribution is -1.78. The number of fused-ring (bicyclic) bond motifs is 1. The number of aryl methyl sites for hydroxylation is 1. The number of hydrogen-bond acceptors (Lipinski definition) is 1. The van der Waals surface area contributed by atoms with Crippen molar-refractivity contribution >= 4 is 11.0 Å². The Balaban J connectivity index is 2.86. The van der Waals surface area contributed by atoms with Gasteiger partial charge < -0.3 is 4.98 Å². The maximum atomic E-state index is 4.30. The molecule has 2 aromatic rings. The number of aromatic amines is 1. The van der Waals surface area contributed by atoms with E-state index in [0.717, 1.165) is 16.7 Å². The van der Waals surface area contributed by atoms with E-state index in [0.29, 0.717) is 0 Å². The Bertz CT molecular complexity index is 349. The Morgan fingerprint density at radius 2 is 2.20 bits per heavy atom. The first-order valence-corrected chi connectivity index (χ1v) is 3.27. The SMILES string of the molecule is Cc1ccc2[nH]ccc2n1. The quantitative estimate of drug-likeness (QED) is 0.582. The van der Waals surface area contributed by atoms with E-state index in [4.69, 9.17) is 0 Å². The minimum Gasteiger partial charge on any atom is -0.360 e. The van der Waals surface area contributed by atoms with E-state index in [1.807, 2.05) is 31.3 Å². The van der Waals surface area contributed by atoms with Gasteiger partial charge in [-0.2, -0.15) is 0 Å². The van der Waals surface area contributed by atoms with E-state index in [1.54, 1.807) is 0 Å². The lowest BCUT2D eigenvalue weighted by atomic mass is 10.3. The summed E-state index contributed by atoms with van der Waals surface area (Å²) in [5, 5.41) is 0. The number of nitrogens with zero attached hydrogens (tertiary/aromatic N) is 1. The van der Waals surface area contributed by atoms with Gasteiger partial charge in [0, 0.05) is 11.9 Å². The van der Waals surface area contributed by atoms with E-state index in [9.17, 15) is 0 Å². The van der Waals surface area contributed by atoms with Crippen molar-refractivity contribution in [3.63, 3.8) is 0 Å². The number of H-pyrrole nitrogens is 1. The van der Waals surface area contributed by atoms with Crippen LogP contribution in [0.2, 0.25) is 0 Å². The van der Waals surface area contributed by atoms with Crippen LogP contribution in [0, 0.1) is 6.92 Å². The molecule has 0 bridgehead atoms. The molecule has 0 aromatic carbocycles. The second kappa shape index (κ2) is 1.84. The zero-order valence-corrected chi connectivity index (χ0v) is 5.76. The molecule has 0 aliphatic rings. The molecule has 0 saturated carbocycles. The van der Waals surface area contributed by atoms with E-state index >= 15 is 0 Å². The highest BCUT2D eigenvalue weighted by atomic mass is 14.8. The Hall–Kier alpha value is -1.31. The third kappa shape index (κ3) is 0.692. The maximum Gasteiger partial charge on any atom is 0.0881 e. The monoisotopic (exact) mass is 132 g/mol. The summed E-state index contributed by atoms with van der Waals surface area (Å²) in [5.74, 6) is 0. The predicted octanol–water partition coefficient (Wildman–Crippen LogP) is 1.87. The van der Waals surface area contributed by atoms with Gasteiger partial charge in [-0.25, -0.2) is 0 Å². The van der Waals surface area contributed by atoms with E-state index in [2.05, 4.69) is 9.97 Å². The molecule has 0 aliphatic heterocycles. The summed E-state index contributed by atoms with van der Waals surface area (Å²) in [5.41, 5.74) is 3.21. The maximum absolute atomic E-state index is 4.30. The standard InChI is InChI=1S/C8H8N2/c1-6-2-3-7-8(10-6)4-5-9-7/h2-5,9H,1H3. The molecule has 1 N–H and O–H groups in total. The van der Waals surface area contributed by atoms with Crippen LogP contribution in [0.25, 0.3) is 11.0 Å². The van der Waals surface area contributed by atoms with Gasteiger partial charge in [0.2, 0.25) is 0 Å². The van der Waals surface area contributed by atoms with Crippen molar-refractivity contribution < 1.29 is 0 Å². The van der Waals surface area contributed by atoms with Crippen molar-refractivity contribution in [2.24, 2.45) is 0 Å². The fraction of sp³-hybridized carbons (Fsp3) is 0.125. The summed E-state index contributed by atoms with van der Waals surface area (Å²) in [6.45, 7) is 1.99. The number of rotatable bonds is 0. The molecule has 0 amide bonds.